The molecular weight excluding hydrogens is 226 g/mol. The molecule has 1 atom stereocenters. The van der Waals surface area contributed by atoms with E-state index in [-0.39, 0.29) is 5.78 Å². The van der Waals surface area contributed by atoms with E-state index in [0.717, 1.165) is 24.8 Å². The van der Waals surface area contributed by atoms with E-state index in [1.807, 2.05) is 0 Å². The summed E-state index contributed by atoms with van der Waals surface area (Å²) in [6, 6.07) is 9.25. The third-order valence-corrected chi connectivity index (χ3v) is 2.90. The van der Waals surface area contributed by atoms with Gasteiger partial charge >= 0.3 is 0 Å². The molecule has 3 nitrogen and oxygen atoms in total. The fourth-order valence-electron chi connectivity index (χ4n) is 1.85. The number of hydrogen-bond donors (Lipinski definition) is 0. The SMILES string of the molecule is CCCCCC(=O)C(C#N)c1cccc(OC)c1. The lowest BCUT2D eigenvalue weighted by molar-refractivity contribution is -0.119. The summed E-state index contributed by atoms with van der Waals surface area (Å²) in [7, 11) is 1.57. The number of hydrogen-bond acceptors (Lipinski definition) is 3. The number of rotatable bonds is 7. The van der Waals surface area contributed by atoms with Crippen LogP contribution in [0.25, 0.3) is 0 Å². The van der Waals surface area contributed by atoms with Gasteiger partial charge in [-0.05, 0) is 24.1 Å². The second kappa shape index (κ2) is 7.50. The fourth-order valence-corrected chi connectivity index (χ4v) is 1.85. The lowest BCUT2D eigenvalue weighted by atomic mass is 9.93. The summed E-state index contributed by atoms with van der Waals surface area (Å²) < 4.78 is 5.11. The first-order valence-electron chi connectivity index (χ1n) is 6.29. The van der Waals surface area contributed by atoms with Gasteiger partial charge in [0.05, 0.1) is 13.2 Å². The first-order chi connectivity index (χ1) is 8.72. The number of ketones is 1. The van der Waals surface area contributed by atoms with Gasteiger partial charge < -0.3 is 4.74 Å². The lowest BCUT2D eigenvalue weighted by Gasteiger charge is -2.09. The molecule has 1 unspecified atom stereocenters. The minimum absolute atomic E-state index is 0.000738. The van der Waals surface area contributed by atoms with Gasteiger partial charge in [0.1, 0.15) is 11.7 Å². The van der Waals surface area contributed by atoms with Crippen molar-refractivity contribution in [3.63, 3.8) is 0 Å². The lowest BCUT2D eigenvalue weighted by Crippen LogP contribution is -2.10. The zero-order valence-corrected chi connectivity index (χ0v) is 11.0. The van der Waals surface area contributed by atoms with Crippen LogP contribution in [0.15, 0.2) is 24.3 Å². The van der Waals surface area contributed by atoms with Crippen LogP contribution in [0.2, 0.25) is 0 Å². The molecule has 1 rings (SSSR count). The molecule has 0 aliphatic rings. The molecule has 0 amide bonds. The van der Waals surface area contributed by atoms with E-state index in [0.29, 0.717) is 12.2 Å². The highest BCUT2D eigenvalue weighted by Crippen LogP contribution is 2.23. The number of benzene rings is 1. The summed E-state index contributed by atoms with van der Waals surface area (Å²) in [6.07, 6.45) is 3.44. The van der Waals surface area contributed by atoms with E-state index in [9.17, 15) is 4.79 Å². The van der Waals surface area contributed by atoms with Crippen molar-refractivity contribution >= 4 is 5.78 Å². The van der Waals surface area contributed by atoms with Gasteiger partial charge in [-0.2, -0.15) is 5.26 Å². The average molecular weight is 245 g/mol. The maximum atomic E-state index is 12.0. The van der Waals surface area contributed by atoms with Crippen molar-refractivity contribution in [1.29, 1.82) is 5.26 Å². The number of nitriles is 1. The molecule has 1 aromatic carbocycles. The minimum atomic E-state index is -0.669. The van der Waals surface area contributed by atoms with Crippen molar-refractivity contribution in [3.8, 4) is 11.8 Å². The Balaban J connectivity index is 2.76. The fraction of sp³-hybridized carbons (Fsp3) is 0.467. The molecule has 0 bridgehead atoms. The second-order valence-electron chi connectivity index (χ2n) is 4.26. The molecule has 0 saturated heterocycles. The normalized spacial score (nSPS) is 11.6. The van der Waals surface area contributed by atoms with Crippen molar-refractivity contribution < 1.29 is 9.53 Å². The highest BCUT2D eigenvalue weighted by atomic mass is 16.5. The Morgan fingerprint density at radius 1 is 1.44 bits per heavy atom. The van der Waals surface area contributed by atoms with Crippen LogP contribution in [0.1, 0.15) is 44.1 Å². The number of Topliss-reactive ketones (excluding diaryl/α,β-unsaturated/α-hetero) is 1. The molecule has 0 aliphatic carbocycles. The molecule has 0 fully saturated rings. The Morgan fingerprint density at radius 2 is 2.22 bits per heavy atom. The highest BCUT2D eigenvalue weighted by molar-refractivity contribution is 5.88. The van der Waals surface area contributed by atoms with Gasteiger partial charge in [0.2, 0.25) is 0 Å². The molecule has 0 aliphatic heterocycles. The van der Waals surface area contributed by atoms with E-state index in [2.05, 4.69) is 13.0 Å². The van der Waals surface area contributed by atoms with E-state index in [1.54, 1.807) is 31.4 Å². The molecule has 0 aromatic heterocycles. The van der Waals surface area contributed by atoms with Crippen molar-refractivity contribution in [1.82, 2.24) is 0 Å². The van der Waals surface area contributed by atoms with Crippen LogP contribution in [0, 0.1) is 11.3 Å². The van der Waals surface area contributed by atoms with Crippen LogP contribution in [0.5, 0.6) is 5.75 Å². The average Bonchev–Trinajstić information content (AvgIpc) is 2.40. The van der Waals surface area contributed by atoms with Gasteiger partial charge in [-0.15, -0.1) is 0 Å². The summed E-state index contributed by atoms with van der Waals surface area (Å²) in [5.41, 5.74) is 0.721. The predicted octanol–water partition coefficient (Wildman–Crippen LogP) is 3.45. The Labute approximate surface area is 108 Å². The topological polar surface area (TPSA) is 50.1 Å². The summed E-state index contributed by atoms with van der Waals surface area (Å²) in [4.78, 5) is 12.0. The predicted molar refractivity (Wildman–Crippen MR) is 70.5 cm³/mol. The number of carbonyl (C=O) groups is 1. The zero-order valence-electron chi connectivity index (χ0n) is 11.0. The smallest absolute Gasteiger partial charge is 0.154 e. The van der Waals surface area contributed by atoms with Crippen molar-refractivity contribution in [2.45, 2.75) is 38.5 Å². The summed E-state index contributed by atoms with van der Waals surface area (Å²) in [5, 5.41) is 9.16. The maximum Gasteiger partial charge on any atom is 0.154 e. The highest BCUT2D eigenvalue weighted by Gasteiger charge is 2.19. The van der Waals surface area contributed by atoms with Crippen LogP contribution in [0.3, 0.4) is 0 Å². The van der Waals surface area contributed by atoms with Gasteiger partial charge in [0, 0.05) is 6.42 Å². The molecular formula is C15H19NO2. The van der Waals surface area contributed by atoms with Crippen molar-refractivity contribution in [2.24, 2.45) is 0 Å². The molecule has 3 heteroatoms. The Bertz CT molecular complexity index is 434. The van der Waals surface area contributed by atoms with Crippen LogP contribution in [0.4, 0.5) is 0 Å². The number of ether oxygens (including phenoxy) is 1. The maximum absolute atomic E-state index is 12.0. The third kappa shape index (κ3) is 3.89. The molecule has 1 aromatic rings. The number of nitrogens with zero attached hydrogens (tertiary/aromatic N) is 1. The number of methoxy groups -OCH3 is 1. The third-order valence-electron chi connectivity index (χ3n) is 2.90. The van der Waals surface area contributed by atoms with Crippen LogP contribution < -0.4 is 4.74 Å². The van der Waals surface area contributed by atoms with Gasteiger partial charge in [0.15, 0.2) is 5.78 Å². The van der Waals surface area contributed by atoms with E-state index < -0.39 is 5.92 Å². The molecule has 0 spiro atoms. The summed E-state index contributed by atoms with van der Waals surface area (Å²) in [5.74, 6) is 0.00488. The summed E-state index contributed by atoms with van der Waals surface area (Å²) >= 11 is 0. The van der Waals surface area contributed by atoms with Crippen LogP contribution >= 0.6 is 0 Å². The Kier molecular flexibility index (Phi) is 5.93. The summed E-state index contributed by atoms with van der Waals surface area (Å²) in [6.45, 7) is 2.09. The largest absolute Gasteiger partial charge is 0.497 e. The molecule has 0 N–H and O–H groups in total. The molecule has 0 radical (unpaired) electrons. The molecule has 18 heavy (non-hydrogen) atoms. The second-order valence-corrected chi connectivity index (χ2v) is 4.26. The minimum Gasteiger partial charge on any atom is -0.497 e. The quantitative estimate of drug-likeness (QED) is 0.691. The van der Waals surface area contributed by atoms with E-state index in [1.165, 1.54) is 0 Å². The first kappa shape index (κ1) is 14.2. The first-order valence-corrected chi connectivity index (χ1v) is 6.29. The Morgan fingerprint density at radius 3 is 2.83 bits per heavy atom. The van der Waals surface area contributed by atoms with Gasteiger partial charge in [-0.1, -0.05) is 31.9 Å². The standard InChI is InChI=1S/C15H19NO2/c1-3-4-5-9-15(17)14(11-16)12-7-6-8-13(10-12)18-2/h6-8,10,14H,3-5,9H2,1-2H3. The van der Waals surface area contributed by atoms with Gasteiger partial charge in [0.25, 0.3) is 0 Å². The van der Waals surface area contributed by atoms with E-state index in [4.69, 9.17) is 10.00 Å². The monoisotopic (exact) mass is 245 g/mol. The van der Waals surface area contributed by atoms with Crippen LogP contribution in [-0.2, 0) is 4.79 Å². The van der Waals surface area contributed by atoms with Crippen LogP contribution in [-0.4, -0.2) is 12.9 Å². The molecule has 0 saturated carbocycles. The Hall–Kier alpha value is -1.82. The van der Waals surface area contributed by atoms with Crippen molar-refractivity contribution in [2.75, 3.05) is 7.11 Å². The van der Waals surface area contributed by atoms with E-state index >= 15 is 0 Å². The zero-order chi connectivity index (χ0) is 13.4. The number of unbranched alkanes of at least 4 members (excludes halogenated alkanes) is 2. The van der Waals surface area contributed by atoms with Gasteiger partial charge in [-0.25, -0.2) is 0 Å². The number of carbonyl (C=O) groups excluding carboxylic acids is 1. The molecule has 0 heterocycles. The van der Waals surface area contributed by atoms with Gasteiger partial charge in [-0.3, -0.25) is 4.79 Å². The van der Waals surface area contributed by atoms with Crippen molar-refractivity contribution in [3.05, 3.63) is 29.8 Å². The molecule has 96 valence electrons.